The molecule has 0 amide bonds. The smallest absolute Gasteiger partial charge is 0.119 e. The van der Waals surface area contributed by atoms with Gasteiger partial charge in [-0.1, -0.05) is 84.9 Å². The Bertz CT molecular complexity index is 306. The predicted molar refractivity (Wildman–Crippen MR) is 81.2 cm³/mol. The van der Waals surface area contributed by atoms with Crippen molar-refractivity contribution in [3.63, 3.8) is 0 Å². The van der Waals surface area contributed by atoms with Crippen LogP contribution in [0.4, 0.5) is 0 Å². The van der Waals surface area contributed by atoms with Crippen LogP contribution in [0.2, 0.25) is 0 Å². The molecule has 0 saturated heterocycles. The van der Waals surface area contributed by atoms with Crippen LogP contribution >= 0.6 is 0 Å². The van der Waals surface area contributed by atoms with Crippen molar-refractivity contribution in [3.05, 3.63) is 29.8 Å². The van der Waals surface area contributed by atoms with Crippen molar-refractivity contribution in [1.82, 2.24) is 0 Å². The first-order valence-electron chi connectivity index (χ1n) is 7.22. The summed E-state index contributed by atoms with van der Waals surface area (Å²) in [5.41, 5.74) is 1.03. The van der Waals surface area contributed by atoms with Crippen LogP contribution in [0.15, 0.2) is 24.3 Å². The highest BCUT2D eigenvalue weighted by atomic mass is 16.3. The van der Waals surface area contributed by atoms with Crippen LogP contribution in [-0.2, 0) is 5.41 Å². The minimum Gasteiger partial charge on any atom is -0.508 e. The molecule has 0 atom stereocenters. The van der Waals surface area contributed by atoms with Gasteiger partial charge in [-0.3, -0.25) is 0 Å². The fraction of sp³-hybridized carbons (Fsp3) is 0.647. The van der Waals surface area contributed by atoms with Gasteiger partial charge in [0.1, 0.15) is 5.75 Å². The minimum atomic E-state index is 0.0331. The number of unbranched alkanes of at least 4 members (excludes halogenated alkanes) is 4. The minimum absolute atomic E-state index is 0.0331. The Morgan fingerprint density at radius 1 is 0.889 bits per heavy atom. The Kier molecular flexibility index (Phi) is 8.53. The van der Waals surface area contributed by atoms with Crippen LogP contribution in [0.3, 0.4) is 0 Å². The SMILES string of the molecule is CC(C)(C)c1ccccc1O.CCCCCCC. The van der Waals surface area contributed by atoms with Crippen LogP contribution in [0.25, 0.3) is 0 Å². The molecule has 0 aliphatic rings. The maximum Gasteiger partial charge on any atom is 0.119 e. The highest BCUT2D eigenvalue weighted by molar-refractivity contribution is 5.36. The highest BCUT2D eigenvalue weighted by Gasteiger charge is 2.16. The molecular formula is C17H30O. The molecule has 18 heavy (non-hydrogen) atoms. The van der Waals surface area contributed by atoms with Crippen molar-refractivity contribution in [2.24, 2.45) is 0 Å². The van der Waals surface area contributed by atoms with E-state index in [1.165, 1.54) is 32.1 Å². The summed E-state index contributed by atoms with van der Waals surface area (Å²) in [6, 6.07) is 7.46. The van der Waals surface area contributed by atoms with Crippen LogP contribution in [0.5, 0.6) is 5.75 Å². The summed E-state index contributed by atoms with van der Waals surface area (Å²) in [4.78, 5) is 0. The molecule has 0 aliphatic heterocycles. The van der Waals surface area contributed by atoms with Gasteiger partial charge < -0.3 is 5.11 Å². The zero-order chi connectivity index (χ0) is 14.0. The number of para-hydroxylation sites is 1. The van der Waals surface area contributed by atoms with Crippen LogP contribution in [0.1, 0.15) is 72.3 Å². The summed E-state index contributed by atoms with van der Waals surface area (Å²) in [5.74, 6) is 0.389. The maximum atomic E-state index is 9.45. The number of aromatic hydroxyl groups is 1. The van der Waals surface area contributed by atoms with E-state index in [0.29, 0.717) is 5.75 Å². The van der Waals surface area contributed by atoms with Gasteiger partial charge in [0.15, 0.2) is 0 Å². The van der Waals surface area contributed by atoms with E-state index in [9.17, 15) is 5.11 Å². The fourth-order valence-corrected chi connectivity index (χ4v) is 1.78. The van der Waals surface area contributed by atoms with Crippen molar-refractivity contribution in [2.75, 3.05) is 0 Å². The lowest BCUT2D eigenvalue weighted by molar-refractivity contribution is 0.447. The quantitative estimate of drug-likeness (QED) is 0.683. The second-order valence-corrected chi connectivity index (χ2v) is 5.83. The van der Waals surface area contributed by atoms with E-state index in [1.807, 2.05) is 18.2 Å². The van der Waals surface area contributed by atoms with E-state index in [2.05, 4.69) is 34.6 Å². The molecule has 1 aromatic rings. The van der Waals surface area contributed by atoms with Crippen molar-refractivity contribution < 1.29 is 5.11 Å². The molecule has 0 spiro atoms. The monoisotopic (exact) mass is 250 g/mol. The molecule has 1 rings (SSSR count). The lowest BCUT2D eigenvalue weighted by Gasteiger charge is -2.19. The summed E-state index contributed by atoms with van der Waals surface area (Å²) < 4.78 is 0. The van der Waals surface area contributed by atoms with Crippen LogP contribution < -0.4 is 0 Å². The molecule has 0 unspecified atom stereocenters. The van der Waals surface area contributed by atoms with E-state index in [0.717, 1.165) is 5.56 Å². The molecule has 1 heteroatoms. The average Bonchev–Trinajstić information content (AvgIpc) is 2.30. The van der Waals surface area contributed by atoms with Crippen LogP contribution in [-0.4, -0.2) is 5.11 Å². The molecule has 0 aliphatic carbocycles. The Morgan fingerprint density at radius 2 is 1.39 bits per heavy atom. The van der Waals surface area contributed by atoms with Gasteiger partial charge in [-0.15, -0.1) is 0 Å². The second-order valence-electron chi connectivity index (χ2n) is 5.83. The van der Waals surface area contributed by atoms with E-state index >= 15 is 0 Å². The van der Waals surface area contributed by atoms with Crippen molar-refractivity contribution in [1.29, 1.82) is 0 Å². The summed E-state index contributed by atoms with van der Waals surface area (Å²) in [6.07, 6.45) is 7.01. The Balaban J connectivity index is 0.000000360. The third-order valence-corrected chi connectivity index (χ3v) is 2.92. The van der Waals surface area contributed by atoms with Crippen LogP contribution in [0, 0.1) is 0 Å². The van der Waals surface area contributed by atoms with E-state index in [-0.39, 0.29) is 5.41 Å². The number of hydrogen-bond donors (Lipinski definition) is 1. The lowest BCUT2D eigenvalue weighted by atomic mass is 9.86. The summed E-state index contributed by atoms with van der Waals surface area (Å²) >= 11 is 0. The third-order valence-electron chi connectivity index (χ3n) is 2.92. The number of rotatable bonds is 4. The second kappa shape index (κ2) is 9.02. The van der Waals surface area contributed by atoms with E-state index in [4.69, 9.17) is 0 Å². The predicted octanol–water partition coefficient (Wildman–Crippen LogP) is 5.67. The molecule has 0 fully saturated rings. The van der Waals surface area contributed by atoms with Gasteiger partial charge in [0.05, 0.1) is 0 Å². The zero-order valence-corrected chi connectivity index (χ0v) is 12.8. The van der Waals surface area contributed by atoms with Gasteiger partial charge in [-0.2, -0.15) is 0 Å². The Labute approximate surface area is 113 Å². The van der Waals surface area contributed by atoms with Gasteiger partial charge in [-0.25, -0.2) is 0 Å². The summed E-state index contributed by atoms with van der Waals surface area (Å²) in [5, 5.41) is 9.45. The first-order chi connectivity index (χ1) is 8.43. The molecular weight excluding hydrogens is 220 g/mol. The van der Waals surface area contributed by atoms with Crippen molar-refractivity contribution >= 4 is 0 Å². The maximum absolute atomic E-state index is 9.45. The third kappa shape index (κ3) is 7.37. The number of hydrogen-bond acceptors (Lipinski definition) is 1. The van der Waals surface area contributed by atoms with Gasteiger partial charge in [0, 0.05) is 0 Å². The van der Waals surface area contributed by atoms with Gasteiger partial charge in [-0.05, 0) is 17.0 Å². The standard InChI is InChI=1S/C10H14O.C7H16/c1-10(2,3)8-6-4-5-7-9(8)11;1-3-5-7-6-4-2/h4-7,11H,1-3H3;3-7H2,1-2H3. The Morgan fingerprint density at radius 3 is 1.72 bits per heavy atom. The topological polar surface area (TPSA) is 20.2 Å². The molecule has 1 nitrogen and oxygen atoms in total. The number of phenols is 1. The van der Waals surface area contributed by atoms with E-state index < -0.39 is 0 Å². The molecule has 0 bridgehead atoms. The Hall–Kier alpha value is -0.980. The van der Waals surface area contributed by atoms with Gasteiger partial charge in [0.25, 0.3) is 0 Å². The fourth-order valence-electron chi connectivity index (χ4n) is 1.78. The molecule has 0 heterocycles. The molecule has 1 N–H and O–H groups in total. The zero-order valence-electron chi connectivity index (χ0n) is 12.8. The first kappa shape index (κ1) is 17.0. The van der Waals surface area contributed by atoms with Gasteiger partial charge in [0.2, 0.25) is 0 Å². The molecule has 0 aromatic heterocycles. The largest absolute Gasteiger partial charge is 0.508 e. The number of phenolic OH excluding ortho intramolecular Hbond substituents is 1. The molecule has 0 saturated carbocycles. The summed E-state index contributed by atoms with van der Waals surface area (Å²) in [6.45, 7) is 10.7. The summed E-state index contributed by atoms with van der Waals surface area (Å²) in [7, 11) is 0. The lowest BCUT2D eigenvalue weighted by Crippen LogP contribution is -2.10. The van der Waals surface area contributed by atoms with Crippen molar-refractivity contribution in [2.45, 2.75) is 72.1 Å². The average molecular weight is 250 g/mol. The highest BCUT2D eigenvalue weighted by Crippen LogP contribution is 2.29. The normalized spacial score (nSPS) is 10.7. The number of benzene rings is 1. The van der Waals surface area contributed by atoms with Gasteiger partial charge >= 0.3 is 0 Å². The molecule has 104 valence electrons. The first-order valence-corrected chi connectivity index (χ1v) is 7.22. The molecule has 1 aromatic carbocycles. The van der Waals surface area contributed by atoms with E-state index in [1.54, 1.807) is 6.07 Å². The van der Waals surface area contributed by atoms with Crippen molar-refractivity contribution in [3.8, 4) is 5.75 Å². The molecule has 0 radical (unpaired) electrons.